The van der Waals surface area contributed by atoms with E-state index in [1.165, 1.54) is 25.7 Å². The zero-order valence-electron chi connectivity index (χ0n) is 17.7. The molecule has 2 saturated heterocycles. The molecule has 0 aromatic carbocycles. The van der Waals surface area contributed by atoms with Crippen LogP contribution < -0.4 is 0 Å². The normalized spacial score (nSPS) is 34.9. The van der Waals surface area contributed by atoms with Crippen molar-refractivity contribution in [3.63, 3.8) is 0 Å². The first kappa shape index (κ1) is 27.0. The van der Waals surface area contributed by atoms with Crippen molar-refractivity contribution >= 4 is 13.5 Å². The Morgan fingerprint density at radius 1 is 0.640 bits per heavy atom. The van der Waals surface area contributed by atoms with Gasteiger partial charge in [0, 0.05) is 12.1 Å². The summed E-state index contributed by atoms with van der Waals surface area (Å²) >= 11 is 0. The van der Waals surface area contributed by atoms with Gasteiger partial charge in [0.2, 0.25) is 0 Å². The van der Waals surface area contributed by atoms with Gasteiger partial charge in [-0.1, -0.05) is 0 Å². The molecule has 0 bridgehead atoms. The molecule has 0 radical (unpaired) electrons. The zero-order chi connectivity index (χ0) is 18.9. The molecule has 0 saturated carbocycles. The number of nitrogens with zero attached hydrogens (tertiary/aromatic N) is 2. The molecule has 0 amide bonds. The van der Waals surface area contributed by atoms with Crippen LogP contribution >= 0.6 is 13.5 Å². The molecule has 0 aromatic rings. The van der Waals surface area contributed by atoms with Crippen LogP contribution in [0.5, 0.6) is 0 Å². The predicted molar refractivity (Wildman–Crippen MR) is 114 cm³/mol. The fraction of sp³-hybridized carbons (Fsp3) is 0.900. The van der Waals surface area contributed by atoms with E-state index in [9.17, 15) is 0 Å². The molecule has 2 rings (SSSR count). The van der Waals surface area contributed by atoms with Gasteiger partial charge in [0.25, 0.3) is 0 Å². The standard InChI is InChI=1S/2C9H19NO.C2H2.H2S/c2*1-7-5-6-9(10(3)4)8(2)11-7;1-2;/h2*7-9H,5-6H2,1-4H3;1-2H;1H2/t7-,8+,9-;;;/m0.../s1. The number of likely N-dealkylation sites (N-methyl/N-ethyl adjacent to an activating group) is 2. The second-order valence-corrected chi connectivity index (χ2v) is 7.52. The number of hydrogen-bond acceptors (Lipinski definition) is 4. The summed E-state index contributed by atoms with van der Waals surface area (Å²) in [4.78, 5) is 4.52. The van der Waals surface area contributed by atoms with E-state index < -0.39 is 0 Å². The van der Waals surface area contributed by atoms with E-state index in [1.807, 2.05) is 0 Å². The molecule has 25 heavy (non-hydrogen) atoms. The van der Waals surface area contributed by atoms with Crippen LogP contribution in [-0.2, 0) is 9.47 Å². The lowest BCUT2D eigenvalue weighted by atomic mass is 9.99. The maximum absolute atomic E-state index is 5.72. The number of rotatable bonds is 2. The SMILES string of the molecule is C#C.CC1CCC(N(C)C)C(C)O1.C[C@H]1CC[C@H](N(C)C)[C@@H](C)O1.S. The Balaban J connectivity index is 0. The van der Waals surface area contributed by atoms with Gasteiger partial charge < -0.3 is 19.3 Å². The maximum atomic E-state index is 5.72. The first-order chi connectivity index (χ1) is 11.2. The van der Waals surface area contributed by atoms with Gasteiger partial charge in [-0.2, -0.15) is 13.5 Å². The molecule has 150 valence electrons. The molecular weight excluding hydrogens is 332 g/mol. The number of terminal acetylenes is 1. The summed E-state index contributed by atoms with van der Waals surface area (Å²) in [6.45, 7) is 8.64. The lowest BCUT2D eigenvalue weighted by molar-refractivity contribution is -0.0723. The highest BCUT2D eigenvalue weighted by Gasteiger charge is 2.27. The van der Waals surface area contributed by atoms with Crippen molar-refractivity contribution in [2.45, 2.75) is 89.9 Å². The summed E-state index contributed by atoms with van der Waals surface area (Å²) in [5.41, 5.74) is 0. The van der Waals surface area contributed by atoms with Gasteiger partial charge in [-0.3, -0.25) is 0 Å². The molecule has 2 fully saturated rings. The summed E-state index contributed by atoms with van der Waals surface area (Å²) in [6, 6.07) is 1.23. The quantitative estimate of drug-likeness (QED) is 0.692. The summed E-state index contributed by atoms with van der Waals surface area (Å²) in [5.74, 6) is 0. The Hall–Kier alpha value is -0.250. The average molecular weight is 375 g/mol. The van der Waals surface area contributed by atoms with Crippen LogP contribution in [0.4, 0.5) is 0 Å². The van der Waals surface area contributed by atoms with Crippen molar-refractivity contribution in [1.29, 1.82) is 0 Å². The third kappa shape index (κ3) is 9.86. The molecule has 3 unspecified atom stereocenters. The highest BCUT2D eigenvalue weighted by Crippen LogP contribution is 2.22. The molecule has 0 aromatic heterocycles. The van der Waals surface area contributed by atoms with E-state index >= 15 is 0 Å². The topological polar surface area (TPSA) is 24.9 Å². The maximum Gasteiger partial charge on any atom is 0.0705 e. The van der Waals surface area contributed by atoms with Crippen LogP contribution in [0.3, 0.4) is 0 Å². The van der Waals surface area contributed by atoms with Crippen LogP contribution in [-0.4, -0.2) is 74.5 Å². The minimum Gasteiger partial charge on any atom is -0.374 e. The van der Waals surface area contributed by atoms with Gasteiger partial charge >= 0.3 is 0 Å². The molecule has 0 aliphatic carbocycles. The van der Waals surface area contributed by atoms with E-state index in [0.29, 0.717) is 36.5 Å². The lowest BCUT2D eigenvalue weighted by Crippen LogP contribution is -2.44. The minimum atomic E-state index is 0. The van der Waals surface area contributed by atoms with Gasteiger partial charge in [0.15, 0.2) is 0 Å². The summed E-state index contributed by atoms with van der Waals surface area (Å²) in [7, 11) is 8.50. The fourth-order valence-corrected chi connectivity index (χ4v) is 3.69. The molecule has 4 nitrogen and oxygen atoms in total. The minimum absolute atomic E-state index is 0. The third-order valence-electron chi connectivity index (χ3n) is 5.04. The van der Waals surface area contributed by atoms with E-state index in [1.54, 1.807) is 0 Å². The molecule has 5 heteroatoms. The van der Waals surface area contributed by atoms with Crippen LogP contribution in [0.1, 0.15) is 53.4 Å². The predicted octanol–water partition coefficient (Wildman–Crippen LogP) is 3.37. The second kappa shape index (κ2) is 13.9. The van der Waals surface area contributed by atoms with Crippen LogP contribution in [0.25, 0.3) is 0 Å². The van der Waals surface area contributed by atoms with E-state index in [-0.39, 0.29) is 13.5 Å². The molecule has 0 N–H and O–H groups in total. The highest BCUT2D eigenvalue weighted by molar-refractivity contribution is 7.59. The van der Waals surface area contributed by atoms with Gasteiger partial charge in [-0.15, -0.1) is 12.8 Å². The Morgan fingerprint density at radius 3 is 1.12 bits per heavy atom. The molecular formula is C20H42N2O2S. The first-order valence-electron chi connectivity index (χ1n) is 9.19. The summed E-state index contributed by atoms with van der Waals surface area (Å²) in [6.07, 6.45) is 14.7. The van der Waals surface area contributed by atoms with Crippen molar-refractivity contribution in [3.05, 3.63) is 0 Å². The Bertz CT molecular complexity index is 320. The van der Waals surface area contributed by atoms with Crippen LogP contribution in [0.2, 0.25) is 0 Å². The summed E-state index contributed by atoms with van der Waals surface area (Å²) in [5, 5.41) is 0. The second-order valence-electron chi connectivity index (χ2n) is 7.52. The van der Waals surface area contributed by atoms with Crippen molar-refractivity contribution < 1.29 is 9.47 Å². The van der Waals surface area contributed by atoms with Crippen molar-refractivity contribution in [2.75, 3.05) is 28.2 Å². The van der Waals surface area contributed by atoms with Gasteiger partial charge in [-0.05, 0) is 81.6 Å². The van der Waals surface area contributed by atoms with E-state index in [4.69, 9.17) is 9.47 Å². The Morgan fingerprint density at radius 2 is 0.920 bits per heavy atom. The van der Waals surface area contributed by atoms with Crippen LogP contribution in [0, 0.1) is 12.8 Å². The number of ether oxygens (including phenoxy) is 2. The fourth-order valence-electron chi connectivity index (χ4n) is 3.69. The average Bonchev–Trinajstić information content (AvgIpc) is 2.49. The largest absolute Gasteiger partial charge is 0.374 e. The zero-order valence-corrected chi connectivity index (χ0v) is 18.7. The van der Waals surface area contributed by atoms with Gasteiger partial charge in [0.1, 0.15) is 0 Å². The molecule has 6 atom stereocenters. The van der Waals surface area contributed by atoms with Gasteiger partial charge in [0.05, 0.1) is 24.4 Å². The molecule has 2 aliphatic heterocycles. The Kier molecular flexibility index (Phi) is 15.0. The molecule has 2 aliphatic rings. The smallest absolute Gasteiger partial charge is 0.0705 e. The first-order valence-corrected chi connectivity index (χ1v) is 9.19. The van der Waals surface area contributed by atoms with Gasteiger partial charge in [-0.25, -0.2) is 0 Å². The van der Waals surface area contributed by atoms with Crippen LogP contribution in [0.15, 0.2) is 0 Å². The van der Waals surface area contributed by atoms with Crippen molar-refractivity contribution in [2.24, 2.45) is 0 Å². The Labute approximate surface area is 164 Å². The lowest BCUT2D eigenvalue weighted by Gasteiger charge is -2.37. The highest BCUT2D eigenvalue weighted by atomic mass is 32.1. The molecule has 0 spiro atoms. The number of hydrogen-bond donors (Lipinski definition) is 0. The van der Waals surface area contributed by atoms with Crippen molar-refractivity contribution in [3.8, 4) is 12.8 Å². The monoisotopic (exact) mass is 374 g/mol. The van der Waals surface area contributed by atoms with Crippen molar-refractivity contribution in [1.82, 2.24) is 9.80 Å². The summed E-state index contributed by atoms with van der Waals surface area (Å²) < 4.78 is 11.4. The van der Waals surface area contributed by atoms with E-state index in [0.717, 1.165) is 0 Å². The van der Waals surface area contributed by atoms with E-state index in [2.05, 4.69) is 78.5 Å². The molecule has 2 heterocycles. The third-order valence-corrected chi connectivity index (χ3v) is 5.04.